The maximum atomic E-state index is 12.1. The van der Waals surface area contributed by atoms with Crippen molar-refractivity contribution in [3.63, 3.8) is 0 Å². The Morgan fingerprint density at radius 1 is 1.19 bits per heavy atom. The largest absolute Gasteiger partial charge is 0.365 e. The molecule has 1 N–H and O–H groups in total. The normalized spacial score (nSPS) is 19.0. The highest BCUT2D eigenvalue weighted by Crippen LogP contribution is 2.23. The van der Waals surface area contributed by atoms with Crippen LogP contribution >= 0.6 is 0 Å². The van der Waals surface area contributed by atoms with Gasteiger partial charge in [0.1, 0.15) is 0 Å². The van der Waals surface area contributed by atoms with Gasteiger partial charge in [0, 0.05) is 50.8 Å². The zero-order valence-electron chi connectivity index (χ0n) is 15.8. The van der Waals surface area contributed by atoms with Gasteiger partial charge in [-0.15, -0.1) is 0 Å². The Hall–Kier alpha value is -2.22. The second kappa shape index (κ2) is 9.64. The Morgan fingerprint density at radius 3 is 2.63 bits per heavy atom. The Kier molecular flexibility index (Phi) is 6.98. The minimum absolute atomic E-state index is 0.108. The third-order valence-corrected chi connectivity index (χ3v) is 5.53. The molecule has 0 aromatic carbocycles. The summed E-state index contributed by atoms with van der Waals surface area (Å²) in [5.74, 6) is 1.02. The summed E-state index contributed by atoms with van der Waals surface area (Å²) in [5, 5.41) is 14.0. The topological polar surface area (TPSA) is 91.6 Å². The molecular formula is C19H29N5O3. The molecule has 148 valence electrons. The van der Waals surface area contributed by atoms with E-state index in [0.29, 0.717) is 5.82 Å². The number of amides is 1. The molecule has 8 heteroatoms. The molecule has 1 saturated heterocycles. The molecule has 2 aliphatic rings. The molecule has 1 amide bonds. The Balaban J connectivity index is 1.34. The maximum absolute atomic E-state index is 12.1. The monoisotopic (exact) mass is 375 g/mol. The summed E-state index contributed by atoms with van der Waals surface area (Å²) in [7, 11) is 0. The van der Waals surface area contributed by atoms with Crippen LogP contribution < -0.4 is 10.2 Å². The fourth-order valence-corrected chi connectivity index (χ4v) is 3.91. The minimum atomic E-state index is -0.457. The van der Waals surface area contributed by atoms with Crippen molar-refractivity contribution in [2.24, 2.45) is 5.92 Å². The minimum Gasteiger partial charge on any atom is -0.358 e. The number of aromatic nitrogens is 1. The molecule has 1 aliphatic heterocycles. The van der Waals surface area contributed by atoms with Gasteiger partial charge in [0.15, 0.2) is 0 Å². The third kappa shape index (κ3) is 5.63. The van der Waals surface area contributed by atoms with Gasteiger partial charge < -0.3 is 20.3 Å². The number of piperazine rings is 1. The van der Waals surface area contributed by atoms with Crippen LogP contribution in [0.5, 0.6) is 0 Å². The van der Waals surface area contributed by atoms with Crippen LogP contribution in [0.3, 0.4) is 0 Å². The van der Waals surface area contributed by atoms with Crippen LogP contribution in [0.25, 0.3) is 0 Å². The molecule has 1 aromatic heterocycles. The first kappa shape index (κ1) is 19.5. The number of nitrogens with zero attached hydrogens (tertiary/aromatic N) is 4. The lowest BCUT2D eigenvalue weighted by Crippen LogP contribution is -2.47. The van der Waals surface area contributed by atoms with Crippen LogP contribution in [-0.4, -0.2) is 60.0 Å². The number of nitro groups is 1. The van der Waals surface area contributed by atoms with Crippen LogP contribution in [0.4, 0.5) is 11.6 Å². The number of anilines is 1. The van der Waals surface area contributed by atoms with Gasteiger partial charge in [-0.25, -0.2) is 0 Å². The van der Waals surface area contributed by atoms with Gasteiger partial charge >= 0.3 is 5.82 Å². The third-order valence-electron chi connectivity index (χ3n) is 5.53. The van der Waals surface area contributed by atoms with E-state index in [1.54, 1.807) is 6.07 Å². The molecule has 0 radical (unpaired) electrons. The lowest BCUT2D eigenvalue weighted by atomic mass is 9.89. The van der Waals surface area contributed by atoms with E-state index < -0.39 is 4.92 Å². The van der Waals surface area contributed by atoms with E-state index in [2.05, 4.69) is 20.1 Å². The standard InChI is InChI=1S/C19H29N5O3/c25-19(16-6-2-1-3-7-16)20-10-5-11-22-12-14-23(15-13-22)17-8-4-9-18(21-17)24(26)27/h4,8-9,16H,1-3,5-7,10-15H2,(H,20,25). The van der Waals surface area contributed by atoms with Gasteiger partial charge in [-0.05, 0) is 41.8 Å². The predicted molar refractivity (Wildman–Crippen MR) is 104 cm³/mol. The van der Waals surface area contributed by atoms with Gasteiger partial charge in [-0.1, -0.05) is 19.3 Å². The molecule has 3 rings (SSSR count). The van der Waals surface area contributed by atoms with Crippen LogP contribution in [0.2, 0.25) is 0 Å². The first-order chi connectivity index (χ1) is 13.1. The summed E-state index contributed by atoms with van der Waals surface area (Å²) in [6, 6.07) is 4.92. The lowest BCUT2D eigenvalue weighted by molar-refractivity contribution is -0.389. The average molecular weight is 375 g/mol. The van der Waals surface area contributed by atoms with E-state index in [4.69, 9.17) is 0 Å². The van der Waals surface area contributed by atoms with E-state index in [9.17, 15) is 14.9 Å². The fourth-order valence-electron chi connectivity index (χ4n) is 3.91. The first-order valence-electron chi connectivity index (χ1n) is 10.00. The molecule has 2 heterocycles. The second-order valence-electron chi connectivity index (χ2n) is 7.42. The van der Waals surface area contributed by atoms with Crippen molar-refractivity contribution in [1.29, 1.82) is 0 Å². The molecule has 0 bridgehead atoms. The van der Waals surface area contributed by atoms with Crippen LogP contribution in [0, 0.1) is 16.0 Å². The molecule has 27 heavy (non-hydrogen) atoms. The number of carbonyl (C=O) groups is 1. The zero-order chi connectivity index (χ0) is 19.1. The van der Waals surface area contributed by atoms with Gasteiger partial charge in [0.05, 0.1) is 0 Å². The molecule has 0 spiro atoms. The van der Waals surface area contributed by atoms with Crippen molar-refractivity contribution in [2.45, 2.75) is 38.5 Å². The number of carbonyl (C=O) groups excluding carboxylic acids is 1. The van der Waals surface area contributed by atoms with E-state index in [-0.39, 0.29) is 17.6 Å². The average Bonchev–Trinajstić information content (AvgIpc) is 2.72. The number of pyridine rings is 1. The van der Waals surface area contributed by atoms with Crippen molar-refractivity contribution < 1.29 is 9.72 Å². The molecule has 0 atom stereocenters. The number of hydrogen-bond acceptors (Lipinski definition) is 6. The van der Waals surface area contributed by atoms with Gasteiger partial charge in [-0.2, -0.15) is 0 Å². The van der Waals surface area contributed by atoms with Crippen molar-refractivity contribution >= 4 is 17.5 Å². The highest BCUT2D eigenvalue weighted by molar-refractivity contribution is 5.78. The van der Waals surface area contributed by atoms with E-state index in [1.807, 2.05) is 6.07 Å². The highest BCUT2D eigenvalue weighted by atomic mass is 16.6. The van der Waals surface area contributed by atoms with Gasteiger partial charge in [0.2, 0.25) is 11.7 Å². The number of hydrogen-bond donors (Lipinski definition) is 1. The molecule has 1 aromatic rings. The Labute approximate surface area is 160 Å². The van der Waals surface area contributed by atoms with Gasteiger partial charge in [0.25, 0.3) is 0 Å². The highest BCUT2D eigenvalue weighted by Gasteiger charge is 2.22. The summed E-state index contributed by atoms with van der Waals surface area (Å²) < 4.78 is 0. The van der Waals surface area contributed by atoms with Crippen LogP contribution in [-0.2, 0) is 4.79 Å². The smallest absolute Gasteiger partial charge is 0.358 e. The van der Waals surface area contributed by atoms with Gasteiger partial charge in [-0.3, -0.25) is 9.69 Å². The van der Waals surface area contributed by atoms with E-state index in [1.165, 1.54) is 25.3 Å². The SMILES string of the molecule is O=C(NCCCN1CCN(c2cccc([N+](=O)[O-])n2)CC1)C1CCCCC1. The first-order valence-corrected chi connectivity index (χ1v) is 10.00. The van der Waals surface area contributed by atoms with Crippen LogP contribution in [0.1, 0.15) is 38.5 Å². The quantitative estimate of drug-likeness (QED) is 0.446. The summed E-state index contributed by atoms with van der Waals surface area (Å²) in [6.07, 6.45) is 6.66. The molecule has 1 saturated carbocycles. The molecule has 8 nitrogen and oxygen atoms in total. The number of rotatable bonds is 7. The lowest BCUT2D eigenvalue weighted by Gasteiger charge is -2.34. The molecular weight excluding hydrogens is 346 g/mol. The van der Waals surface area contributed by atoms with Crippen molar-refractivity contribution in [3.8, 4) is 0 Å². The zero-order valence-corrected chi connectivity index (χ0v) is 15.8. The molecule has 1 aliphatic carbocycles. The Bertz CT molecular complexity index is 640. The summed E-state index contributed by atoms with van der Waals surface area (Å²) in [6.45, 7) is 5.12. The van der Waals surface area contributed by atoms with Crippen molar-refractivity contribution in [3.05, 3.63) is 28.3 Å². The Morgan fingerprint density at radius 2 is 1.93 bits per heavy atom. The van der Waals surface area contributed by atoms with Crippen molar-refractivity contribution in [2.75, 3.05) is 44.2 Å². The molecule has 2 fully saturated rings. The molecule has 0 unspecified atom stereocenters. The van der Waals surface area contributed by atoms with Crippen LogP contribution in [0.15, 0.2) is 18.2 Å². The summed E-state index contributed by atoms with van der Waals surface area (Å²) in [4.78, 5) is 31.1. The number of nitrogens with one attached hydrogen (secondary N) is 1. The van der Waals surface area contributed by atoms with Crippen molar-refractivity contribution in [1.82, 2.24) is 15.2 Å². The second-order valence-corrected chi connectivity index (χ2v) is 7.42. The maximum Gasteiger partial charge on any atom is 0.365 e. The van der Waals surface area contributed by atoms with E-state index in [0.717, 1.165) is 58.5 Å². The van der Waals surface area contributed by atoms with E-state index >= 15 is 0 Å². The predicted octanol–water partition coefficient (Wildman–Crippen LogP) is 2.20. The summed E-state index contributed by atoms with van der Waals surface area (Å²) >= 11 is 0. The summed E-state index contributed by atoms with van der Waals surface area (Å²) in [5.41, 5.74) is 0. The fraction of sp³-hybridized carbons (Fsp3) is 0.684.